The van der Waals surface area contributed by atoms with Crippen molar-refractivity contribution in [1.82, 2.24) is 5.32 Å². The molecule has 0 fully saturated rings. The van der Waals surface area contributed by atoms with E-state index in [0.717, 1.165) is 11.1 Å². The fraction of sp³-hybridized carbons (Fsp3) is 0.250. The monoisotopic (exact) mass is 293 g/mol. The van der Waals surface area contributed by atoms with Crippen LogP contribution in [0.2, 0.25) is 5.02 Å². The maximum Gasteiger partial charge on any atom is 0.167 e. The summed E-state index contributed by atoms with van der Waals surface area (Å²) in [6.07, 6.45) is 0. The highest BCUT2D eigenvalue weighted by atomic mass is 35.5. The second kappa shape index (κ2) is 6.25. The van der Waals surface area contributed by atoms with Gasteiger partial charge in [-0.15, -0.1) is 0 Å². The van der Waals surface area contributed by atoms with Crippen molar-refractivity contribution in [3.8, 4) is 11.5 Å². The van der Waals surface area contributed by atoms with Crippen molar-refractivity contribution in [3.63, 3.8) is 0 Å². The van der Waals surface area contributed by atoms with Gasteiger partial charge in [-0.1, -0.05) is 29.8 Å². The summed E-state index contributed by atoms with van der Waals surface area (Å²) in [5, 5.41) is 3.65. The van der Waals surface area contributed by atoms with E-state index in [1.165, 1.54) is 6.07 Å². The summed E-state index contributed by atoms with van der Waals surface area (Å²) in [6, 6.07) is 10.2. The van der Waals surface area contributed by atoms with Crippen molar-refractivity contribution < 1.29 is 9.13 Å². The molecule has 0 radical (unpaired) electrons. The fourth-order valence-corrected chi connectivity index (χ4v) is 2.09. The van der Waals surface area contributed by atoms with E-state index in [-0.39, 0.29) is 17.6 Å². The highest BCUT2D eigenvalue weighted by molar-refractivity contribution is 6.30. The molecule has 2 aromatic carbocycles. The Hall–Kier alpha value is -1.58. The van der Waals surface area contributed by atoms with Crippen molar-refractivity contribution >= 4 is 11.6 Å². The second-order valence-electron chi connectivity index (χ2n) is 4.68. The van der Waals surface area contributed by atoms with Crippen LogP contribution in [-0.2, 0) is 0 Å². The van der Waals surface area contributed by atoms with Gasteiger partial charge in [-0.2, -0.15) is 0 Å². The summed E-state index contributed by atoms with van der Waals surface area (Å²) in [6.45, 7) is 3.85. The molecule has 0 aromatic heterocycles. The predicted molar refractivity (Wildman–Crippen MR) is 80.1 cm³/mol. The van der Waals surface area contributed by atoms with Crippen molar-refractivity contribution in [2.75, 3.05) is 7.05 Å². The molecule has 2 rings (SSSR count). The van der Waals surface area contributed by atoms with E-state index in [0.29, 0.717) is 10.8 Å². The first-order valence-corrected chi connectivity index (χ1v) is 6.80. The average Bonchev–Trinajstić information content (AvgIpc) is 2.44. The summed E-state index contributed by atoms with van der Waals surface area (Å²) in [5.41, 5.74) is 1.67. The number of hydrogen-bond donors (Lipinski definition) is 1. The minimum absolute atomic E-state index is 0.0137. The maximum absolute atomic E-state index is 14.1. The van der Waals surface area contributed by atoms with E-state index in [1.807, 2.05) is 33.0 Å². The van der Waals surface area contributed by atoms with Gasteiger partial charge < -0.3 is 10.1 Å². The minimum atomic E-state index is -0.385. The SMILES string of the molecule is CNC(C)c1cccc(F)c1Oc1cc(Cl)ccc1C. The molecule has 0 spiro atoms. The zero-order valence-electron chi connectivity index (χ0n) is 11.7. The number of rotatable bonds is 4. The van der Waals surface area contributed by atoms with Crippen LogP contribution in [0.25, 0.3) is 0 Å². The fourth-order valence-electron chi connectivity index (χ4n) is 1.92. The zero-order chi connectivity index (χ0) is 14.7. The molecule has 2 nitrogen and oxygen atoms in total. The van der Waals surface area contributed by atoms with E-state index < -0.39 is 0 Å². The number of ether oxygens (including phenoxy) is 1. The van der Waals surface area contributed by atoms with Crippen LogP contribution >= 0.6 is 11.6 Å². The first-order valence-electron chi connectivity index (χ1n) is 6.42. The van der Waals surface area contributed by atoms with Gasteiger partial charge in [0.05, 0.1) is 0 Å². The Labute approximate surface area is 123 Å². The zero-order valence-corrected chi connectivity index (χ0v) is 12.5. The van der Waals surface area contributed by atoms with Crippen LogP contribution in [0.15, 0.2) is 36.4 Å². The Morgan fingerprint density at radius 2 is 2.00 bits per heavy atom. The molecule has 1 atom stereocenters. The van der Waals surface area contributed by atoms with Gasteiger partial charge in [0.15, 0.2) is 11.6 Å². The van der Waals surface area contributed by atoms with Crippen LogP contribution in [0.3, 0.4) is 0 Å². The number of benzene rings is 2. The number of hydrogen-bond acceptors (Lipinski definition) is 2. The molecule has 20 heavy (non-hydrogen) atoms. The van der Waals surface area contributed by atoms with Crippen LogP contribution in [0.1, 0.15) is 24.1 Å². The van der Waals surface area contributed by atoms with E-state index in [9.17, 15) is 4.39 Å². The standard InChI is InChI=1S/C16H17ClFNO/c1-10-7-8-12(17)9-15(10)20-16-13(11(2)19-3)5-4-6-14(16)18/h4-9,11,19H,1-3H3. The summed E-state index contributed by atoms with van der Waals surface area (Å²) in [4.78, 5) is 0. The molecule has 0 aliphatic rings. The molecule has 106 valence electrons. The summed E-state index contributed by atoms with van der Waals surface area (Å²) in [5.74, 6) is 0.413. The van der Waals surface area contributed by atoms with Crippen molar-refractivity contribution in [1.29, 1.82) is 0 Å². The van der Waals surface area contributed by atoms with E-state index in [1.54, 1.807) is 18.2 Å². The topological polar surface area (TPSA) is 21.3 Å². The van der Waals surface area contributed by atoms with Crippen LogP contribution in [0, 0.1) is 12.7 Å². The molecular weight excluding hydrogens is 277 g/mol. The van der Waals surface area contributed by atoms with Gasteiger partial charge in [-0.05, 0) is 44.7 Å². The van der Waals surface area contributed by atoms with Gasteiger partial charge in [0.2, 0.25) is 0 Å². The largest absolute Gasteiger partial charge is 0.454 e. The number of aryl methyl sites for hydroxylation is 1. The van der Waals surface area contributed by atoms with Crippen LogP contribution in [0.5, 0.6) is 11.5 Å². The lowest BCUT2D eigenvalue weighted by Gasteiger charge is -2.18. The van der Waals surface area contributed by atoms with Gasteiger partial charge >= 0.3 is 0 Å². The molecule has 0 amide bonds. The Balaban J connectivity index is 2.45. The number of nitrogens with one attached hydrogen (secondary N) is 1. The normalized spacial score (nSPS) is 12.2. The summed E-state index contributed by atoms with van der Waals surface area (Å²) >= 11 is 5.97. The highest BCUT2D eigenvalue weighted by Gasteiger charge is 2.16. The van der Waals surface area contributed by atoms with E-state index in [2.05, 4.69) is 5.32 Å². The average molecular weight is 294 g/mol. The quantitative estimate of drug-likeness (QED) is 0.869. The smallest absolute Gasteiger partial charge is 0.167 e. The predicted octanol–water partition coefficient (Wildman–Crippen LogP) is 4.86. The molecular formula is C16H17ClFNO. The number of para-hydroxylation sites is 1. The molecule has 0 aliphatic carbocycles. The minimum Gasteiger partial charge on any atom is -0.454 e. The third kappa shape index (κ3) is 3.11. The first-order chi connectivity index (χ1) is 9.52. The van der Waals surface area contributed by atoms with Crippen LogP contribution in [-0.4, -0.2) is 7.05 Å². The molecule has 1 unspecified atom stereocenters. The Kier molecular flexibility index (Phi) is 4.63. The van der Waals surface area contributed by atoms with E-state index in [4.69, 9.17) is 16.3 Å². The summed E-state index contributed by atoms with van der Waals surface area (Å²) in [7, 11) is 1.82. The Morgan fingerprint density at radius 1 is 1.25 bits per heavy atom. The van der Waals surface area contributed by atoms with Crippen LogP contribution in [0.4, 0.5) is 4.39 Å². The second-order valence-corrected chi connectivity index (χ2v) is 5.12. The third-order valence-corrected chi connectivity index (χ3v) is 3.49. The van der Waals surface area contributed by atoms with Gasteiger partial charge in [-0.3, -0.25) is 0 Å². The molecule has 0 saturated carbocycles. The van der Waals surface area contributed by atoms with Gasteiger partial charge in [0.25, 0.3) is 0 Å². The first kappa shape index (κ1) is 14.8. The lowest BCUT2D eigenvalue weighted by atomic mass is 10.1. The highest BCUT2D eigenvalue weighted by Crippen LogP contribution is 2.34. The molecule has 4 heteroatoms. The lowest BCUT2D eigenvalue weighted by molar-refractivity contribution is 0.426. The molecule has 2 aromatic rings. The molecule has 1 N–H and O–H groups in total. The Morgan fingerprint density at radius 3 is 2.70 bits per heavy atom. The van der Waals surface area contributed by atoms with Crippen molar-refractivity contribution in [3.05, 3.63) is 58.4 Å². The summed E-state index contributed by atoms with van der Waals surface area (Å²) < 4.78 is 19.9. The molecule has 0 aliphatic heterocycles. The maximum atomic E-state index is 14.1. The van der Waals surface area contributed by atoms with Gasteiger partial charge in [-0.25, -0.2) is 4.39 Å². The Bertz CT molecular complexity index is 615. The number of halogens is 2. The van der Waals surface area contributed by atoms with Crippen molar-refractivity contribution in [2.45, 2.75) is 19.9 Å². The van der Waals surface area contributed by atoms with Crippen molar-refractivity contribution in [2.24, 2.45) is 0 Å². The van der Waals surface area contributed by atoms with Gasteiger partial charge in [0.1, 0.15) is 5.75 Å². The molecule has 0 saturated heterocycles. The van der Waals surface area contributed by atoms with Crippen LogP contribution < -0.4 is 10.1 Å². The molecule has 0 heterocycles. The lowest BCUT2D eigenvalue weighted by Crippen LogP contribution is -2.13. The third-order valence-electron chi connectivity index (χ3n) is 3.26. The van der Waals surface area contributed by atoms with E-state index >= 15 is 0 Å². The molecule has 0 bridgehead atoms. The van der Waals surface area contributed by atoms with Gasteiger partial charge in [0, 0.05) is 16.6 Å².